The highest BCUT2D eigenvalue weighted by Crippen LogP contribution is 2.21. The van der Waals surface area contributed by atoms with Crippen LogP contribution in [0.1, 0.15) is 291 Å². The van der Waals surface area contributed by atoms with Crippen LogP contribution in [-0.2, 0) is 28.5 Å². The van der Waals surface area contributed by atoms with Crippen molar-refractivity contribution in [2.75, 3.05) is 46.9 Å². The molecule has 0 saturated carbocycles. The minimum atomic E-state index is -0.162. The Bertz CT molecular complexity index is 992. The number of unbranched alkanes of at least 4 members (excludes halogenated alkanes) is 23. The average molecular weight is 952 g/mol. The average Bonchev–Trinajstić information content (AvgIpc) is 3.31. The van der Waals surface area contributed by atoms with E-state index in [1.165, 1.54) is 77.0 Å². The molecule has 0 saturated heterocycles. The van der Waals surface area contributed by atoms with E-state index in [1.807, 2.05) is 4.90 Å². The molecule has 0 unspecified atom stereocenters. The predicted octanol–water partition coefficient (Wildman–Crippen LogP) is 16.9. The Kier molecular flexibility index (Phi) is 49.1. The molecule has 0 aliphatic heterocycles. The standard InChI is InChI=1S/C58H114N2O7/c1-8-13-17-29-40-53(41-30-18-14-9-2)65-56(61)46-35-27-23-21-25-33-44-55(67-58(63)60(50-39-48-59(6)7)49-37-38-52-64-51-12-5)45-34-26-22-24-28-36-47-57(62)66-54(42-31-19-15-10-3)43-32-20-16-11-4/h53-55H,8-52H2,1-7H3. The fourth-order valence-corrected chi connectivity index (χ4v) is 9.01. The summed E-state index contributed by atoms with van der Waals surface area (Å²) in [6.45, 7) is 15.0. The number of carbonyl (C=O) groups excluding carboxylic acids is 3. The van der Waals surface area contributed by atoms with Gasteiger partial charge in [-0.05, 0) is 136 Å². The number of esters is 2. The molecule has 67 heavy (non-hydrogen) atoms. The van der Waals surface area contributed by atoms with E-state index in [9.17, 15) is 14.4 Å². The molecule has 0 bridgehead atoms. The van der Waals surface area contributed by atoms with Crippen LogP contribution < -0.4 is 0 Å². The van der Waals surface area contributed by atoms with Gasteiger partial charge in [0.05, 0.1) is 0 Å². The summed E-state index contributed by atoms with van der Waals surface area (Å²) in [5.74, 6) is -0.0163. The molecule has 0 atom stereocenters. The number of nitrogens with zero attached hydrogens (tertiary/aromatic N) is 2. The van der Waals surface area contributed by atoms with Gasteiger partial charge >= 0.3 is 18.0 Å². The second-order valence-electron chi connectivity index (χ2n) is 20.4. The van der Waals surface area contributed by atoms with Crippen LogP contribution in [-0.4, -0.2) is 93.1 Å². The molecule has 0 aliphatic carbocycles. The molecule has 9 nitrogen and oxygen atoms in total. The van der Waals surface area contributed by atoms with Gasteiger partial charge < -0.3 is 28.7 Å². The number of hydrogen-bond acceptors (Lipinski definition) is 8. The highest BCUT2D eigenvalue weighted by atomic mass is 16.6. The molecule has 0 aliphatic rings. The third-order valence-corrected chi connectivity index (χ3v) is 13.3. The van der Waals surface area contributed by atoms with Crippen molar-refractivity contribution in [2.45, 2.75) is 310 Å². The Morgan fingerprint density at radius 1 is 0.343 bits per heavy atom. The van der Waals surface area contributed by atoms with Gasteiger partial charge in [-0.15, -0.1) is 0 Å². The van der Waals surface area contributed by atoms with Crippen LogP contribution in [0.3, 0.4) is 0 Å². The molecule has 0 rings (SSSR count). The van der Waals surface area contributed by atoms with Crippen LogP contribution in [0.4, 0.5) is 4.79 Å². The first-order valence-electron chi connectivity index (χ1n) is 29.3. The third-order valence-electron chi connectivity index (χ3n) is 13.3. The monoisotopic (exact) mass is 951 g/mol. The minimum Gasteiger partial charge on any atom is -0.462 e. The van der Waals surface area contributed by atoms with Crippen LogP contribution in [0.5, 0.6) is 0 Å². The molecule has 1 amide bonds. The first-order chi connectivity index (χ1) is 32.7. The van der Waals surface area contributed by atoms with Gasteiger partial charge in [-0.25, -0.2) is 4.79 Å². The van der Waals surface area contributed by atoms with Gasteiger partial charge in [0.2, 0.25) is 0 Å². The zero-order valence-electron chi connectivity index (χ0n) is 45.8. The number of amides is 1. The Balaban J connectivity index is 5.02. The summed E-state index contributed by atoms with van der Waals surface area (Å²) < 4.78 is 24.1. The van der Waals surface area contributed by atoms with E-state index < -0.39 is 0 Å². The topological polar surface area (TPSA) is 94.6 Å². The fraction of sp³-hybridized carbons (Fsp3) is 0.948. The summed E-state index contributed by atoms with van der Waals surface area (Å²) in [6.07, 6.45) is 42.8. The molecule has 0 heterocycles. The lowest BCUT2D eigenvalue weighted by Gasteiger charge is -2.26. The molecule has 398 valence electrons. The molecule has 0 fully saturated rings. The van der Waals surface area contributed by atoms with Crippen LogP contribution in [0.15, 0.2) is 0 Å². The molecular formula is C58H114N2O7. The number of ether oxygens (including phenoxy) is 4. The van der Waals surface area contributed by atoms with Crippen molar-refractivity contribution in [1.29, 1.82) is 0 Å². The minimum absolute atomic E-state index is 0.00813. The van der Waals surface area contributed by atoms with Crippen LogP contribution in [0.2, 0.25) is 0 Å². The van der Waals surface area contributed by atoms with Gasteiger partial charge in [0, 0.05) is 39.1 Å². The summed E-state index contributed by atoms with van der Waals surface area (Å²) in [4.78, 5) is 43.5. The summed E-state index contributed by atoms with van der Waals surface area (Å²) in [6, 6.07) is 0. The first kappa shape index (κ1) is 65.1. The van der Waals surface area contributed by atoms with Gasteiger partial charge in [0.1, 0.15) is 18.3 Å². The van der Waals surface area contributed by atoms with Gasteiger partial charge in [-0.2, -0.15) is 0 Å². The molecule has 0 N–H and O–H groups in total. The molecule has 9 heteroatoms. The molecule has 0 aromatic heterocycles. The van der Waals surface area contributed by atoms with Crippen molar-refractivity contribution in [3.05, 3.63) is 0 Å². The maximum absolute atomic E-state index is 13.7. The largest absolute Gasteiger partial charge is 0.462 e. The van der Waals surface area contributed by atoms with Gasteiger partial charge in [0.25, 0.3) is 0 Å². The first-order valence-corrected chi connectivity index (χ1v) is 29.3. The second-order valence-corrected chi connectivity index (χ2v) is 20.4. The van der Waals surface area contributed by atoms with Crippen molar-refractivity contribution >= 4 is 18.0 Å². The van der Waals surface area contributed by atoms with E-state index in [-0.39, 0.29) is 36.3 Å². The van der Waals surface area contributed by atoms with Crippen LogP contribution in [0.25, 0.3) is 0 Å². The molecule has 0 aromatic carbocycles. The van der Waals surface area contributed by atoms with Crippen LogP contribution in [0, 0.1) is 0 Å². The zero-order chi connectivity index (χ0) is 49.3. The van der Waals surface area contributed by atoms with Crippen molar-refractivity contribution in [3.8, 4) is 0 Å². The summed E-state index contributed by atoms with van der Waals surface area (Å²) >= 11 is 0. The molecular weight excluding hydrogens is 837 g/mol. The third kappa shape index (κ3) is 45.0. The summed E-state index contributed by atoms with van der Waals surface area (Å²) in [7, 11) is 4.16. The Morgan fingerprint density at radius 3 is 1.06 bits per heavy atom. The Morgan fingerprint density at radius 2 is 0.687 bits per heavy atom. The van der Waals surface area contributed by atoms with Crippen molar-refractivity contribution < 1.29 is 33.3 Å². The predicted molar refractivity (Wildman–Crippen MR) is 284 cm³/mol. The Labute approximate surface area is 416 Å². The maximum atomic E-state index is 13.7. The van der Waals surface area contributed by atoms with Gasteiger partial charge in [-0.1, -0.05) is 163 Å². The lowest BCUT2D eigenvalue weighted by Crippen LogP contribution is -2.37. The van der Waals surface area contributed by atoms with E-state index in [0.29, 0.717) is 25.9 Å². The highest BCUT2D eigenvalue weighted by Gasteiger charge is 2.21. The van der Waals surface area contributed by atoms with Crippen molar-refractivity contribution in [2.24, 2.45) is 0 Å². The van der Waals surface area contributed by atoms with Crippen molar-refractivity contribution in [3.63, 3.8) is 0 Å². The van der Waals surface area contributed by atoms with E-state index in [0.717, 1.165) is 187 Å². The summed E-state index contributed by atoms with van der Waals surface area (Å²) in [5, 5.41) is 0. The number of rotatable bonds is 52. The number of hydrogen-bond donors (Lipinski definition) is 0. The summed E-state index contributed by atoms with van der Waals surface area (Å²) in [5.41, 5.74) is 0. The SMILES string of the molecule is CCCCCCC(CCCCCC)OC(=O)CCCCCCCCC(CCCCCCCCC(=O)OC(CCCCCC)CCCCCC)OC(=O)N(CCCCOCCC)CCCN(C)C. The second kappa shape index (κ2) is 50.5. The van der Waals surface area contributed by atoms with E-state index in [2.05, 4.69) is 53.6 Å². The zero-order valence-corrected chi connectivity index (χ0v) is 45.8. The van der Waals surface area contributed by atoms with E-state index >= 15 is 0 Å². The number of carbonyl (C=O) groups is 3. The maximum Gasteiger partial charge on any atom is 0.410 e. The van der Waals surface area contributed by atoms with Crippen molar-refractivity contribution in [1.82, 2.24) is 9.80 Å². The quantitative estimate of drug-likeness (QED) is 0.0338. The normalized spacial score (nSPS) is 11.7. The van der Waals surface area contributed by atoms with Gasteiger partial charge in [0.15, 0.2) is 0 Å². The fourth-order valence-electron chi connectivity index (χ4n) is 9.01. The lowest BCUT2D eigenvalue weighted by molar-refractivity contribution is -0.151. The van der Waals surface area contributed by atoms with E-state index in [1.54, 1.807) is 0 Å². The van der Waals surface area contributed by atoms with Crippen LogP contribution >= 0.6 is 0 Å². The lowest BCUT2D eigenvalue weighted by atomic mass is 10.0. The molecule has 0 aromatic rings. The van der Waals surface area contributed by atoms with Gasteiger partial charge in [-0.3, -0.25) is 9.59 Å². The molecule has 0 radical (unpaired) electrons. The smallest absolute Gasteiger partial charge is 0.410 e. The Hall–Kier alpha value is -1.87. The molecule has 0 spiro atoms. The highest BCUT2D eigenvalue weighted by molar-refractivity contribution is 5.70. The van der Waals surface area contributed by atoms with E-state index in [4.69, 9.17) is 18.9 Å².